The fraction of sp³-hybridized carbons (Fsp3) is 1.00. The van der Waals surface area contributed by atoms with Gasteiger partial charge in [-0.1, -0.05) is 26.7 Å². The average Bonchev–Trinajstić information content (AvgIpc) is 2.38. The predicted octanol–water partition coefficient (Wildman–Crippen LogP) is 3.64. The maximum atomic E-state index is 3.89. The van der Waals surface area contributed by atoms with Gasteiger partial charge in [-0.25, -0.2) is 0 Å². The smallest absolute Gasteiger partial charge is 0.0263 e. The van der Waals surface area contributed by atoms with E-state index in [1.165, 1.54) is 49.5 Å². The number of rotatable bonds is 4. The van der Waals surface area contributed by atoms with Crippen LogP contribution in [-0.4, -0.2) is 35.1 Å². The fourth-order valence-corrected chi connectivity index (χ4v) is 5.77. The Bertz CT molecular complexity index is 214. The third kappa shape index (κ3) is 4.36. The lowest BCUT2D eigenvalue weighted by atomic mass is 9.78. The molecule has 0 aromatic rings. The number of nitrogens with one attached hydrogen (secondary N) is 1. The Morgan fingerprint density at radius 2 is 2.00 bits per heavy atom. The molecule has 1 aliphatic carbocycles. The molecule has 17 heavy (non-hydrogen) atoms. The summed E-state index contributed by atoms with van der Waals surface area (Å²) in [7, 11) is 0. The molecule has 1 saturated carbocycles. The monoisotopic (exact) mass is 273 g/mol. The Balaban J connectivity index is 1.75. The molecule has 100 valence electrons. The average molecular weight is 274 g/mol. The lowest BCUT2D eigenvalue weighted by Gasteiger charge is -2.36. The SMILES string of the molecule is CC(C)C1CCCCC1NCC1CSCCS1. The topological polar surface area (TPSA) is 12.0 Å². The van der Waals surface area contributed by atoms with Crippen molar-refractivity contribution in [2.24, 2.45) is 11.8 Å². The van der Waals surface area contributed by atoms with Gasteiger partial charge in [0.15, 0.2) is 0 Å². The Morgan fingerprint density at radius 1 is 1.18 bits per heavy atom. The molecule has 0 radical (unpaired) electrons. The van der Waals surface area contributed by atoms with Crippen LogP contribution in [0.15, 0.2) is 0 Å². The van der Waals surface area contributed by atoms with E-state index in [1.807, 2.05) is 0 Å². The second-order valence-corrected chi connectivity index (χ2v) is 8.33. The third-order valence-electron chi connectivity index (χ3n) is 4.17. The minimum absolute atomic E-state index is 0.802. The van der Waals surface area contributed by atoms with Crippen LogP contribution >= 0.6 is 23.5 Å². The third-order valence-corrected chi connectivity index (χ3v) is 7.01. The normalized spacial score (nSPS) is 35.1. The molecule has 1 heterocycles. The summed E-state index contributed by atoms with van der Waals surface area (Å²) in [5.41, 5.74) is 0. The first-order chi connectivity index (χ1) is 8.27. The van der Waals surface area contributed by atoms with Gasteiger partial charge in [-0.3, -0.25) is 0 Å². The van der Waals surface area contributed by atoms with Crippen LogP contribution in [0.4, 0.5) is 0 Å². The summed E-state index contributed by atoms with van der Waals surface area (Å²) >= 11 is 4.31. The zero-order valence-electron chi connectivity index (χ0n) is 11.3. The van der Waals surface area contributed by atoms with Gasteiger partial charge >= 0.3 is 0 Å². The first kappa shape index (κ1) is 14.1. The molecule has 0 bridgehead atoms. The molecule has 0 aromatic carbocycles. The Hall–Kier alpha value is 0.660. The highest BCUT2D eigenvalue weighted by Crippen LogP contribution is 2.31. The molecule has 1 saturated heterocycles. The predicted molar refractivity (Wildman–Crippen MR) is 82.2 cm³/mol. The second-order valence-electron chi connectivity index (χ2n) is 5.77. The van der Waals surface area contributed by atoms with E-state index in [9.17, 15) is 0 Å². The van der Waals surface area contributed by atoms with E-state index in [0.717, 1.165) is 23.1 Å². The minimum atomic E-state index is 0.802. The van der Waals surface area contributed by atoms with Crippen LogP contribution in [0.1, 0.15) is 39.5 Å². The van der Waals surface area contributed by atoms with Gasteiger partial charge < -0.3 is 5.32 Å². The van der Waals surface area contributed by atoms with Crippen molar-refractivity contribution in [1.82, 2.24) is 5.32 Å². The van der Waals surface area contributed by atoms with Gasteiger partial charge in [-0.05, 0) is 24.7 Å². The molecule has 1 nitrogen and oxygen atoms in total. The lowest BCUT2D eigenvalue weighted by molar-refractivity contribution is 0.207. The van der Waals surface area contributed by atoms with E-state index in [0.29, 0.717) is 0 Å². The summed E-state index contributed by atoms with van der Waals surface area (Å²) in [6.07, 6.45) is 5.75. The van der Waals surface area contributed by atoms with Crippen molar-refractivity contribution in [2.75, 3.05) is 23.8 Å². The summed E-state index contributed by atoms with van der Waals surface area (Å²) in [5, 5.41) is 4.75. The van der Waals surface area contributed by atoms with Crippen LogP contribution in [0.25, 0.3) is 0 Å². The molecule has 0 spiro atoms. The van der Waals surface area contributed by atoms with Gasteiger partial charge in [0.25, 0.3) is 0 Å². The van der Waals surface area contributed by atoms with Crippen LogP contribution in [0.5, 0.6) is 0 Å². The van der Waals surface area contributed by atoms with Crippen molar-refractivity contribution in [2.45, 2.75) is 50.8 Å². The zero-order valence-corrected chi connectivity index (χ0v) is 12.9. The van der Waals surface area contributed by atoms with E-state index in [-0.39, 0.29) is 0 Å². The van der Waals surface area contributed by atoms with Crippen LogP contribution < -0.4 is 5.32 Å². The van der Waals surface area contributed by atoms with Crippen LogP contribution in [0.3, 0.4) is 0 Å². The molecule has 3 heteroatoms. The number of hydrogen-bond acceptors (Lipinski definition) is 3. The van der Waals surface area contributed by atoms with Gasteiger partial charge in [0.05, 0.1) is 0 Å². The van der Waals surface area contributed by atoms with Crippen molar-refractivity contribution in [3.8, 4) is 0 Å². The largest absolute Gasteiger partial charge is 0.313 e. The van der Waals surface area contributed by atoms with Crippen molar-refractivity contribution in [1.29, 1.82) is 0 Å². The molecule has 0 amide bonds. The molecule has 0 aromatic heterocycles. The van der Waals surface area contributed by atoms with Crippen LogP contribution in [0, 0.1) is 11.8 Å². The van der Waals surface area contributed by atoms with E-state index >= 15 is 0 Å². The molecule has 1 aliphatic heterocycles. The molecule has 1 N–H and O–H groups in total. The molecule has 2 rings (SSSR count). The van der Waals surface area contributed by atoms with E-state index < -0.39 is 0 Å². The fourth-order valence-electron chi connectivity index (χ4n) is 3.15. The van der Waals surface area contributed by atoms with Gasteiger partial charge in [-0.2, -0.15) is 23.5 Å². The van der Waals surface area contributed by atoms with E-state index in [4.69, 9.17) is 0 Å². The highest BCUT2D eigenvalue weighted by molar-refractivity contribution is 8.06. The van der Waals surface area contributed by atoms with Crippen molar-refractivity contribution < 1.29 is 0 Å². The molecule has 3 atom stereocenters. The highest BCUT2D eigenvalue weighted by atomic mass is 32.2. The van der Waals surface area contributed by atoms with Crippen LogP contribution in [0.2, 0.25) is 0 Å². The lowest BCUT2D eigenvalue weighted by Crippen LogP contribution is -2.44. The van der Waals surface area contributed by atoms with E-state index in [2.05, 4.69) is 42.7 Å². The molecular weight excluding hydrogens is 246 g/mol. The number of hydrogen-bond donors (Lipinski definition) is 1. The standard InChI is InChI=1S/C14H27NS2/c1-11(2)13-5-3-4-6-14(13)15-9-12-10-16-7-8-17-12/h11-15H,3-10H2,1-2H3. The maximum absolute atomic E-state index is 3.89. The van der Waals surface area contributed by atoms with Crippen molar-refractivity contribution in [3.63, 3.8) is 0 Å². The van der Waals surface area contributed by atoms with Crippen molar-refractivity contribution >= 4 is 23.5 Å². The molecule has 2 aliphatic rings. The zero-order chi connectivity index (χ0) is 12.1. The Labute approximate surface area is 115 Å². The highest BCUT2D eigenvalue weighted by Gasteiger charge is 2.27. The second kappa shape index (κ2) is 7.30. The summed E-state index contributed by atoms with van der Waals surface area (Å²) in [6.45, 7) is 6.04. The summed E-state index contributed by atoms with van der Waals surface area (Å²) in [6, 6.07) is 0.802. The number of thioether (sulfide) groups is 2. The minimum Gasteiger partial charge on any atom is -0.313 e. The summed E-state index contributed by atoms with van der Waals surface area (Å²) in [5.74, 6) is 5.84. The summed E-state index contributed by atoms with van der Waals surface area (Å²) in [4.78, 5) is 0. The van der Waals surface area contributed by atoms with Gasteiger partial charge in [0, 0.05) is 35.1 Å². The van der Waals surface area contributed by atoms with Crippen LogP contribution in [-0.2, 0) is 0 Å². The quantitative estimate of drug-likeness (QED) is 0.840. The van der Waals surface area contributed by atoms with Crippen molar-refractivity contribution in [3.05, 3.63) is 0 Å². The first-order valence-electron chi connectivity index (χ1n) is 7.20. The molecule has 2 fully saturated rings. The first-order valence-corrected chi connectivity index (χ1v) is 9.40. The summed E-state index contributed by atoms with van der Waals surface area (Å²) < 4.78 is 0. The molecule has 3 unspecified atom stereocenters. The Morgan fingerprint density at radius 3 is 2.71 bits per heavy atom. The van der Waals surface area contributed by atoms with E-state index in [1.54, 1.807) is 0 Å². The molecular formula is C14H27NS2. The Kier molecular flexibility index (Phi) is 6.04. The van der Waals surface area contributed by atoms with Gasteiger partial charge in [0.1, 0.15) is 0 Å². The maximum Gasteiger partial charge on any atom is 0.0263 e. The van der Waals surface area contributed by atoms with Gasteiger partial charge in [0.2, 0.25) is 0 Å². The van der Waals surface area contributed by atoms with Gasteiger partial charge in [-0.15, -0.1) is 0 Å².